The monoisotopic (exact) mass is 261 g/mol. The van der Waals surface area contributed by atoms with Crippen LogP contribution in [0.5, 0.6) is 0 Å². The average molecular weight is 261 g/mol. The van der Waals surface area contributed by atoms with Crippen LogP contribution in [0.3, 0.4) is 0 Å². The quantitative estimate of drug-likeness (QED) is 0.878. The molecule has 2 rings (SSSR count). The van der Waals surface area contributed by atoms with Gasteiger partial charge >= 0.3 is 0 Å². The molecule has 1 N–H and O–H groups in total. The van der Waals surface area contributed by atoms with Gasteiger partial charge < -0.3 is 15.1 Å². The van der Waals surface area contributed by atoms with Gasteiger partial charge in [0.25, 0.3) is 5.91 Å². The highest BCUT2D eigenvalue weighted by Crippen LogP contribution is 2.21. The molecule has 4 nitrogen and oxygen atoms in total. The molecule has 0 bridgehead atoms. The maximum absolute atomic E-state index is 12.6. The average Bonchev–Trinajstić information content (AvgIpc) is 2.37. The third-order valence-electron chi connectivity index (χ3n) is 3.68. The topological polar surface area (TPSA) is 35.6 Å². The van der Waals surface area contributed by atoms with Crippen molar-refractivity contribution in [2.75, 3.05) is 38.6 Å². The molecule has 0 unspecified atom stereocenters. The summed E-state index contributed by atoms with van der Waals surface area (Å²) < 4.78 is 0. The van der Waals surface area contributed by atoms with Gasteiger partial charge in [0.05, 0.1) is 5.54 Å². The molecule has 1 aromatic carbocycles. The van der Waals surface area contributed by atoms with E-state index in [1.165, 1.54) is 0 Å². The van der Waals surface area contributed by atoms with Gasteiger partial charge in [-0.3, -0.25) is 4.79 Å². The highest BCUT2D eigenvalue weighted by Gasteiger charge is 2.33. The second-order valence-corrected chi connectivity index (χ2v) is 5.89. The van der Waals surface area contributed by atoms with E-state index < -0.39 is 0 Å². The van der Waals surface area contributed by atoms with Crippen LogP contribution in [0.25, 0.3) is 0 Å². The number of amides is 1. The minimum Gasteiger partial charge on any atom is -0.378 e. The Morgan fingerprint density at radius 1 is 1.26 bits per heavy atom. The van der Waals surface area contributed by atoms with Gasteiger partial charge in [-0.05, 0) is 38.1 Å². The predicted octanol–water partition coefficient (Wildman–Crippen LogP) is 1.58. The van der Waals surface area contributed by atoms with E-state index in [1.54, 1.807) is 0 Å². The summed E-state index contributed by atoms with van der Waals surface area (Å²) in [6.45, 7) is 6.68. The summed E-state index contributed by atoms with van der Waals surface area (Å²) in [5.41, 5.74) is 1.74. The van der Waals surface area contributed by atoms with E-state index in [-0.39, 0.29) is 11.4 Å². The van der Waals surface area contributed by atoms with Crippen molar-refractivity contribution in [1.29, 1.82) is 0 Å². The summed E-state index contributed by atoms with van der Waals surface area (Å²) in [7, 11) is 3.99. The standard InChI is InChI=1S/C15H23N3O/c1-15(2)11-16-9-10-18(15)14(19)12-5-7-13(8-6-12)17(3)4/h5-8,16H,9-11H2,1-4H3. The minimum absolute atomic E-state index is 0.122. The summed E-state index contributed by atoms with van der Waals surface area (Å²) in [4.78, 5) is 16.6. The van der Waals surface area contributed by atoms with Crippen LogP contribution in [0.1, 0.15) is 24.2 Å². The molecule has 0 aliphatic carbocycles. The third kappa shape index (κ3) is 2.89. The summed E-state index contributed by atoms with van der Waals surface area (Å²) in [5, 5.41) is 3.33. The van der Waals surface area contributed by atoms with Crippen molar-refractivity contribution in [2.45, 2.75) is 19.4 Å². The minimum atomic E-state index is -0.129. The number of hydrogen-bond donors (Lipinski definition) is 1. The van der Waals surface area contributed by atoms with E-state index >= 15 is 0 Å². The molecule has 0 aromatic heterocycles. The number of nitrogens with one attached hydrogen (secondary N) is 1. The summed E-state index contributed by atoms with van der Waals surface area (Å²) >= 11 is 0. The van der Waals surface area contributed by atoms with Crippen molar-refractivity contribution in [3.8, 4) is 0 Å². The lowest BCUT2D eigenvalue weighted by atomic mass is 9.98. The van der Waals surface area contributed by atoms with Crippen LogP contribution in [-0.4, -0.2) is 50.1 Å². The molecular weight excluding hydrogens is 238 g/mol. The number of rotatable bonds is 2. The van der Waals surface area contributed by atoms with Gasteiger partial charge in [0.2, 0.25) is 0 Å². The smallest absolute Gasteiger partial charge is 0.254 e. The van der Waals surface area contributed by atoms with Gasteiger partial charge in [-0.2, -0.15) is 0 Å². The third-order valence-corrected chi connectivity index (χ3v) is 3.68. The van der Waals surface area contributed by atoms with Crippen LogP contribution in [0.2, 0.25) is 0 Å². The Hall–Kier alpha value is -1.55. The zero-order valence-electron chi connectivity index (χ0n) is 12.2. The molecular formula is C15H23N3O. The molecule has 4 heteroatoms. The number of benzene rings is 1. The molecule has 1 saturated heterocycles. The summed E-state index contributed by atoms with van der Waals surface area (Å²) in [5.74, 6) is 0.122. The van der Waals surface area contributed by atoms with E-state index in [1.807, 2.05) is 48.2 Å². The Kier molecular flexibility index (Phi) is 3.80. The van der Waals surface area contributed by atoms with Crippen LogP contribution in [0.15, 0.2) is 24.3 Å². The van der Waals surface area contributed by atoms with Crippen molar-refractivity contribution < 1.29 is 4.79 Å². The summed E-state index contributed by atoms with van der Waals surface area (Å²) in [6.07, 6.45) is 0. The highest BCUT2D eigenvalue weighted by molar-refractivity contribution is 5.95. The van der Waals surface area contributed by atoms with E-state index in [4.69, 9.17) is 0 Å². The zero-order chi connectivity index (χ0) is 14.0. The second kappa shape index (κ2) is 5.21. The zero-order valence-corrected chi connectivity index (χ0v) is 12.2. The predicted molar refractivity (Wildman–Crippen MR) is 78.8 cm³/mol. The Bertz CT molecular complexity index is 451. The normalized spacial score (nSPS) is 18.2. The maximum Gasteiger partial charge on any atom is 0.254 e. The molecule has 0 atom stereocenters. The lowest BCUT2D eigenvalue weighted by molar-refractivity contribution is 0.0477. The van der Waals surface area contributed by atoms with E-state index in [2.05, 4.69) is 19.2 Å². The van der Waals surface area contributed by atoms with E-state index in [0.717, 1.165) is 30.9 Å². The van der Waals surface area contributed by atoms with Crippen LogP contribution >= 0.6 is 0 Å². The van der Waals surface area contributed by atoms with Gasteiger partial charge in [0.1, 0.15) is 0 Å². The number of nitrogens with zero attached hydrogens (tertiary/aromatic N) is 2. The number of anilines is 1. The molecule has 1 aliphatic heterocycles. The fraction of sp³-hybridized carbons (Fsp3) is 0.533. The number of hydrogen-bond acceptors (Lipinski definition) is 3. The molecule has 19 heavy (non-hydrogen) atoms. The van der Waals surface area contributed by atoms with Gasteiger partial charge in [-0.15, -0.1) is 0 Å². The Morgan fingerprint density at radius 2 is 1.89 bits per heavy atom. The fourth-order valence-corrected chi connectivity index (χ4v) is 2.42. The van der Waals surface area contributed by atoms with E-state index in [9.17, 15) is 4.79 Å². The molecule has 0 spiro atoms. The number of piperazine rings is 1. The van der Waals surface area contributed by atoms with Crippen LogP contribution in [0, 0.1) is 0 Å². The van der Waals surface area contributed by atoms with Crippen molar-refractivity contribution in [2.24, 2.45) is 0 Å². The Morgan fingerprint density at radius 3 is 2.42 bits per heavy atom. The number of carbonyl (C=O) groups is 1. The molecule has 104 valence electrons. The van der Waals surface area contributed by atoms with Crippen LogP contribution in [0.4, 0.5) is 5.69 Å². The maximum atomic E-state index is 12.6. The Balaban J connectivity index is 2.19. The molecule has 1 aliphatic rings. The van der Waals surface area contributed by atoms with Gasteiger partial charge in [0.15, 0.2) is 0 Å². The van der Waals surface area contributed by atoms with Crippen molar-refractivity contribution in [1.82, 2.24) is 10.2 Å². The highest BCUT2D eigenvalue weighted by atomic mass is 16.2. The number of carbonyl (C=O) groups excluding carboxylic acids is 1. The molecule has 1 amide bonds. The largest absolute Gasteiger partial charge is 0.378 e. The first-order chi connectivity index (χ1) is 8.92. The van der Waals surface area contributed by atoms with E-state index in [0.29, 0.717) is 0 Å². The van der Waals surface area contributed by atoms with Gasteiger partial charge in [-0.25, -0.2) is 0 Å². The second-order valence-electron chi connectivity index (χ2n) is 5.89. The summed E-state index contributed by atoms with van der Waals surface area (Å²) in [6, 6.07) is 7.80. The van der Waals surface area contributed by atoms with Crippen LogP contribution < -0.4 is 10.2 Å². The lowest BCUT2D eigenvalue weighted by Crippen LogP contribution is -2.59. The van der Waals surface area contributed by atoms with Crippen LogP contribution in [-0.2, 0) is 0 Å². The van der Waals surface area contributed by atoms with Gasteiger partial charge in [-0.1, -0.05) is 0 Å². The van der Waals surface area contributed by atoms with Crippen molar-refractivity contribution in [3.05, 3.63) is 29.8 Å². The first kappa shape index (κ1) is 13.9. The Labute approximate surface area is 115 Å². The molecule has 0 saturated carbocycles. The van der Waals surface area contributed by atoms with Crippen molar-refractivity contribution >= 4 is 11.6 Å². The first-order valence-electron chi connectivity index (χ1n) is 6.72. The fourth-order valence-electron chi connectivity index (χ4n) is 2.42. The van der Waals surface area contributed by atoms with Crippen molar-refractivity contribution in [3.63, 3.8) is 0 Å². The SMILES string of the molecule is CN(C)c1ccc(C(=O)N2CCNCC2(C)C)cc1. The lowest BCUT2D eigenvalue weighted by Gasteiger charge is -2.42. The van der Waals surface area contributed by atoms with Gasteiger partial charge in [0, 0.05) is 45.0 Å². The molecule has 1 aromatic rings. The molecule has 1 fully saturated rings. The first-order valence-corrected chi connectivity index (χ1v) is 6.72. The molecule has 1 heterocycles. The molecule has 0 radical (unpaired) electrons.